The van der Waals surface area contributed by atoms with E-state index in [9.17, 15) is 14.4 Å². The number of rotatable bonds is 8. The number of thiophene rings is 1. The molecule has 0 fully saturated rings. The summed E-state index contributed by atoms with van der Waals surface area (Å²) in [5.41, 5.74) is 5.99. The number of fused-ring (bicyclic) bond motifs is 1. The largest absolute Gasteiger partial charge is 0.370 e. The van der Waals surface area contributed by atoms with Crippen LogP contribution in [0.25, 0.3) is 10.1 Å². The Bertz CT molecular complexity index is 1050. The van der Waals surface area contributed by atoms with Crippen molar-refractivity contribution in [2.24, 2.45) is 5.73 Å². The second kappa shape index (κ2) is 10.1. The molecule has 0 aliphatic rings. The van der Waals surface area contributed by atoms with Crippen molar-refractivity contribution in [3.8, 4) is 0 Å². The molecule has 0 unspecified atom stereocenters. The lowest BCUT2D eigenvalue weighted by Gasteiger charge is -2.19. The zero-order valence-electron chi connectivity index (χ0n) is 16.0. The second-order valence-electron chi connectivity index (χ2n) is 6.59. The van der Waals surface area contributed by atoms with Gasteiger partial charge >= 0.3 is 6.03 Å². The molecule has 0 saturated carbocycles. The topological polar surface area (TPSA) is 113 Å². The second-order valence-corrected chi connectivity index (χ2v) is 8.02. The number of primary amides is 1. The van der Waals surface area contributed by atoms with Crippen molar-refractivity contribution >= 4 is 55.9 Å². The summed E-state index contributed by atoms with van der Waals surface area (Å²) in [5, 5.41) is 9.86. The van der Waals surface area contributed by atoms with Gasteiger partial charge in [-0.1, -0.05) is 60.1 Å². The van der Waals surface area contributed by atoms with Crippen molar-refractivity contribution in [2.75, 3.05) is 11.9 Å². The minimum Gasteiger partial charge on any atom is -0.370 e. The van der Waals surface area contributed by atoms with E-state index in [0.29, 0.717) is 10.0 Å². The molecule has 156 valence electrons. The number of benzene rings is 2. The van der Waals surface area contributed by atoms with Crippen LogP contribution >= 0.6 is 22.9 Å². The number of carbonyl (C=O) groups is 3. The van der Waals surface area contributed by atoms with Gasteiger partial charge < -0.3 is 16.4 Å². The van der Waals surface area contributed by atoms with Crippen LogP contribution in [0.1, 0.15) is 12.0 Å². The molecule has 1 atom stereocenters. The van der Waals surface area contributed by atoms with Crippen molar-refractivity contribution in [1.82, 2.24) is 10.6 Å². The number of nitrogens with two attached hydrogens (primary N) is 1. The Kier molecular flexibility index (Phi) is 7.26. The number of nitrogens with one attached hydrogen (secondary N) is 3. The maximum Gasteiger partial charge on any atom is 0.320 e. The van der Waals surface area contributed by atoms with E-state index in [0.717, 1.165) is 15.6 Å². The molecule has 5 N–H and O–H groups in total. The Balaban J connectivity index is 1.70. The highest BCUT2D eigenvalue weighted by atomic mass is 35.5. The lowest BCUT2D eigenvalue weighted by atomic mass is 10.1. The average Bonchev–Trinajstić information content (AvgIpc) is 3.03. The average molecular weight is 445 g/mol. The van der Waals surface area contributed by atoms with Crippen LogP contribution in [0, 0.1) is 0 Å². The summed E-state index contributed by atoms with van der Waals surface area (Å²) >= 11 is 7.73. The third-order valence-electron chi connectivity index (χ3n) is 4.34. The molecule has 2 aromatic carbocycles. The van der Waals surface area contributed by atoms with Gasteiger partial charge in [0.1, 0.15) is 11.0 Å². The Morgan fingerprint density at radius 2 is 1.73 bits per heavy atom. The molecular weight excluding hydrogens is 424 g/mol. The molecular formula is C21H21ClN4O3S. The van der Waals surface area contributed by atoms with E-state index in [-0.39, 0.29) is 19.4 Å². The number of urea groups is 1. The van der Waals surface area contributed by atoms with Crippen LogP contribution in [0.2, 0.25) is 5.02 Å². The third kappa shape index (κ3) is 5.71. The van der Waals surface area contributed by atoms with Crippen LogP contribution < -0.4 is 21.7 Å². The first-order valence-corrected chi connectivity index (χ1v) is 10.5. The highest BCUT2D eigenvalue weighted by Crippen LogP contribution is 2.39. The smallest absolute Gasteiger partial charge is 0.320 e. The van der Waals surface area contributed by atoms with E-state index in [2.05, 4.69) is 16.0 Å². The number of amides is 4. The van der Waals surface area contributed by atoms with Crippen LogP contribution in [0.5, 0.6) is 0 Å². The summed E-state index contributed by atoms with van der Waals surface area (Å²) in [5.74, 6) is -0.919. The lowest BCUT2D eigenvalue weighted by molar-refractivity contribution is -0.123. The highest BCUT2D eigenvalue weighted by Gasteiger charge is 2.22. The summed E-state index contributed by atoms with van der Waals surface area (Å²) in [6.45, 7) is 0.102. The van der Waals surface area contributed by atoms with E-state index in [1.54, 1.807) is 0 Å². The fourth-order valence-corrected chi connectivity index (χ4v) is 4.26. The Hall–Kier alpha value is -3.10. The van der Waals surface area contributed by atoms with Gasteiger partial charge in [0.05, 0.1) is 5.02 Å². The van der Waals surface area contributed by atoms with Gasteiger partial charge in [0.2, 0.25) is 11.8 Å². The van der Waals surface area contributed by atoms with Gasteiger partial charge in [-0.3, -0.25) is 14.9 Å². The molecule has 0 aliphatic carbocycles. The van der Waals surface area contributed by atoms with Crippen LogP contribution in [0.3, 0.4) is 0 Å². The molecule has 0 radical (unpaired) electrons. The predicted octanol–water partition coefficient (Wildman–Crippen LogP) is 3.28. The molecule has 1 heterocycles. The number of carbonyl (C=O) groups excluding carboxylic acids is 3. The van der Waals surface area contributed by atoms with Gasteiger partial charge in [0.15, 0.2) is 0 Å². The first kappa shape index (κ1) is 21.6. The number of halogens is 1. The van der Waals surface area contributed by atoms with Gasteiger partial charge in [-0.2, -0.15) is 0 Å². The standard InChI is InChI=1S/C21H21ClN4O3S/c22-18-14-8-4-5-9-16(14)30-20(18)26-21(29)25-15(12-13-6-2-1-3-7-13)19(28)24-11-10-17(23)27/h1-9,15H,10-12H2,(H2,23,27)(H,24,28)(H2,25,26,29)/t15-/m1/s1. The molecule has 0 saturated heterocycles. The van der Waals surface area contributed by atoms with E-state index in [1.165, 1.54) is 11.3 Å². The molecule has 0 spiro atoms. The Morgan fingerprint density at radius 3 is 2.43 bits per heavy atom. The van der Waals surface area contributed by atoms with Gasteiger partial charge in [-0.25, -0.2) is 4.79 Å². The van der Waals surface area contributed by atoms with Gasteiger partial charge in [0, 0.05) is 29.5 Å². The third-order valence-corrected chi connectivity index (χ3v) is 5.93. The first-order chi connectivity index (χ1) is 14.4. The molecule has 4 amide bonds. The fraction of sp³-hybridized carbons (Fsp3) is 0.190. The van der Waals surface area contributed by atoms with Gasteiger partial charge in [-0.05, 0) is 11.6 Å². The Labute approximate surface area is 182 Å². The normalized spacial score (nSPS) is 11.6. The Morgan fingerprint density at radius 1 is 1.03 bits per heavy atom. The van der Waals surface area contributed by atoms with Crippen LogP contribution in [-0.4, -0.2) is 30.4 Å². The van der Waals surface area contributed by atoms with Crippen molar-refractivity contribution < 1.29 is 14.4 Å². The minimum atomic E-state index is -0.839. The monoisotopic (exact) mass is 444 g/mol. The molecule has 7 nitrogen and oxygen atoms in total. The minimum absolute atomic E-state index is 0.0212. The number of hydrogen-bond donors (Lipinski definition) is 4. The first-order valence-electron chi connectivity index (χ1n) is 9.28. The molecule has 1 aromatic heterocycles. The van der Waals surface area contributed by atoms with Crippen molar-refractivity contribution in [3.63, 3.8) is 0 Å². The maximum atomic E-state index is 12.6. The van der Waals surface area contributed by atoms with E-state index >= 15 is 0 Å². The predicted molar refractivity (Wildman–Crippen MR) is 120 cm³/mol. The summed E-state index contributed by atoms with van der Waals surface area (Å²) in [6, 6.07) is 15.5. The molecule has 0 aliphatic heterocycles. The van der Waals surface area contributed by atoms with Crippen LogP contribution in [-0.2, 0) is 16.0 Å². The maximum absolute atomic E-state index is 12.6. The summed E-state index contributed by atoms with van der Waals surface area (Å²) in [4.78, 5) is 36.1. The van der Waals surface area contributed by atoms with Crippen molar-refractivity contribution in [3.05, 3.63) is 65.2 Å². The van der Waals surface area contributed by atoms with Crippen LogP contribution in [0.15, 0.2) is 54.6 Å². The molecule has 0 bridgehead atoms. The molecule has 3 aromatic rings. The molecule has 30 heavy (non-hydrogen) atoms. The van der Waals surface area contributed by atoms with Crippen molar-refractivity contribution in [2.45, 2.75) is 18.9 Å². The van der Waals surface area contributed by atoms with E-state index in [1.807, 2.05) is 54.6 Å². The zero-order valence-corrected chi connectivity index (χ0v) is 17.6. The zero-order chi connectivity index (χ0) is 21.5. The van der Waals surface area contributed by atoms with Crippen molar-refractivity contribution in [1.29, 1.82) is 0 Å². The quantitative estimate of drug-likeness (QED) is 0.427. The van der Waals surface area contributed by atoms with Gasteiger partial charge in [0.25, 0.3) is 0 Å². The van der Waals surface area contributed by atoms with Crippen LogP contribution in [0.4, 0.5) is 9.80 Å². The SMILES string of the molecule is NC(=O)CCNC(=O)[C@@H](Cc1ccccc1)NC(=O)Nc1sc2ccccc2c1Cl. The number of hydrogen-bond acceptors (Lipinski definition) is 4. The molecule has 3 rings (SSSR count). The van der Waals surface area contributed by atoms with Gasteiger partial charge in [-0.15, -0.1) is 11.3 Å². The summed E-state index contributed by atoms with van der Waals surface area (Å²) in [6.07, 6.45) is 0.310. The summed E-state index contributed by atoms with van der Waals surface area (Å²) < 4.78 is 0.947. The lowest BCUT2D eigenvalue weighted by Crippen LogP contribution is -2.49. The highest BCUT2D eigenvalue weighted by molar-refractivity contribution is 7.23. The fourth-order valence-electron chi connectivity index (χ4n) is 2.88. The van der Waals surface area contributed by atoms with E-state index < -0.39 is 23.9 Å². The summed E-state index contributed by atoms with van der Waals surface area (Å²) in [7, 11) is 0. The van der Waals surface area contributed by atoms with E-state index in [4.69, 9.17) is 17.3 Å². The number of anilines is 1. The molecule has 9 heteroatoms.